The van der Waals surface area contributed by atoms with Gasteiger partial charge in [-0.2, -0.15) is 0 Å². The molecular formula is C10H14FNO. The van der Waals surface area contributed by atoms with Crippen LogP contribution in [0.15, 0.2) is 18.2 Å². The SMILES string of the molecule is CC(C)C(N)c1ccc(F)cc1O. The Morgan fingerprint density at radius 2 is 2.00 bits per heavy atom. The van der Waals surface area contributed by atoms with Crippen molar-refractivity contribution < 1.29 is 9.50 Å². The third-order valence-electron chi connectivity index (χ3n) is 2.07. The Balaban J connectivity index is 3.01. The Bertz CT molecular complexity index is 299. The Labute approximate surface area is 77.2 Å². The van der Waals surface area contributed by atoms with Crippen molar-refractivity contribution in [2.45, 2.75) is 19.9 Å². The van der Waals surface area contributed by atoms with Crippen molar-refractivity contribution >= 4 is 0 Å². The molecule has 0 heterocycles. The molecule has 0 saturated carbocycles. The molecule has 0 aromatic heterocycles. The minimum atomic E-state index is -0.447. The molecular weight excluding hydrogens is 169 g/mol. The van der Waals surface area contributed by atoms with Gasteiger partial charge in [0, 0.05) is 17.7 Å². The second kappa shape index (κ2) is 3.75. The minimum Gasteiger partial charge on any atom is -0.508 e. The van der Waals surface area contributed by atoms with E-state index in [0.29, 0.717) is 5.56 Å². The molecule has 72 valence electrons. The molecule has 1 aromatic rings. The maximum atomic E-state index is 12.6. The molecule has 0 aliphatic heterocycles. The summed E-state index contributed by atoms with van der Waals surface area (Å²) in [5.41, 5.74) is 6.40. The highest BCUT2D eigenvalue weighted by atomic mass is 19.1. The van der Waals surface area contributed by atoms with E-state index in [2.05, 4.69) is 0 Å². The van der Waals surface area contributed by atoms with Gasteiger partial charge in [-0.15, -0.1) is 0 Å². The lowest BCUT2D eigenvalue weighted by molar-refractivity contribution is 0.435. The predicted octanol–water partition coefficient (Wildman–Crippen LogP) is 2.19. The van der Waals surface area contributed by atoms with E-state index in [9.17, 15) is 9.50 Å². The average molecular weight is 183 g/mol. The van der Waals surface area contributed by atoms with Crippen molar-refractivity contribution in [3.05, 3.63) is 29.6 Å². The van der Waals surface area contributed by atoms with Crippen molar-refractivity contribution in [1.82, 2.24) is 0 Å². The van der Waals surface area contributed by atoms with Crippen LogP contribution in [0.4, 0.5) is 4.39 Å². The van der Waals surface area contributed by atoms with Crippen LogP contribution in [-0.2, 0) is 0 Å². The molecule has 1 atom stereocenters. The van der Waals surface area contributed by atoms with Gasteiger partial charge in [-0.1, -0.05) is 19.9 Å². The van der Waals surface area contributed by atoms with Crippen LogP contribution in [0.2, 0.25) is 0 Å². The van der Waals surface area contributed by atoms with Crippen LogP contribution in [-0.4, -0.2) is 5.11 Å². The predicted molar refractivity (Wildman–Crippen MR) is 49.8 cm³/mol. The lowest BCUT2D eigenvalue weighted by Gasteiger charge is -2.16. The molecule has 0 bridgehead atoms. The van der Waals surface area contributed by atoms with E-state index in [1.54, 1.807) is 0 Å². The summed E-state index contributed by atoms with van der Waals surface area (Å²) in [5.74, 6) is -0.297. The van der Waals surface area contributed by atoms with Crippen LogP contribution >= 0.6 is 0 Å². The molecule has 0 aliphatic carbocycles. The summed E-state index contributed by atoms with van der Waals surface area (Å²) in [6.07, 6.45) is 0. The molecule has 1 aromatic carbocycles. The van der Waals surface area contributed by atoms with Gasteiger partial charge in [0.15, 0.2) is 0 Å². The molecule has 2 nitrogen and oxygen atoms in total. The van der Waals surface area contributed by atoms with Crippen LogP contribution in [0.25, 0.3) is 0 Å². The molecule has 1 unspecified atom stereocenters. The highest BCUT2D eigenvalue weighted by Crippen LogP contribution is 2.27. The molecule has 3 N–H and O–H groups in total. The van der Waals surface area contributed by atoms with Gasteiger partial charge in [0.2, 0.25) is 0 Å². The summed E-state index contributed by atoms with van der Waals surface area (Å²) < 4.78 is 12.6. The molecule has 0 aliphatic rings. The van der Waals surface area contributed by atoms with Crippen LogP contribution in [0.5, 0.6) is 5.75 Å². The molecule has 3 heteroatoms. The van der Waals surface area contributed by atoms with Gasteiger partial charge in [-0.3, -0.25) is 0 Å². The lowest BCUT2D eigenvalue weighted by Crippen LogP contribution is -2.16. The number of phenols is 1. The van der Waals surface area contributed by atoms with E-state index in [4.69, 9.17) is 5.73 Å². The van der Waals surface area contributed by atoms with Gasteiger partial charge < -0.3 is 10.8 Å². The van der Waals surface area contributed by atoms with Crippen molar-refractivity contribution in [1.29, 1.82) is 0 Å². The Morgan fingerprint density at radius 3 is 2.46 bits per heavy atom. The quantitative estimate of drug-likeness (QED) is 0.738. The molecule has 0 spiro atoms. The van der Waals surface area contributed by atoms with Gasteiger partial charge in [0.1, 0.15) is 11.6 Å². The summed E-state index contributed by atoms with van der Waals surface area (Å²) in [6, 6.07) is 3.66. The summed E-state index contributed by atoms with van der Waals surface area (Å²) in [4.78, 5) is 0. The fraction of sp³-hybridized carbons (Fsp3) is 0.400. The number of halogens is 1. The standard InChI is InChI=1S/C10H14FNO/c1-6(2)10(12)8-4-3-7(11)5-9(8)13/h3-6,10,13H,12H2,1-2H3. The van der Waals surface area contributed by atoms with E-state index in [-0.39, 0.29) is 17.7 Å². The third kappa shape index (κ3) is 2.18. The van der Waals surface area contributed by atoms with Crippen LogP contribution in [0.3, 0.4) is 0 Å². The van der Waals surface area contributed by atoms with E-state index >= 15 is 0 Å². The maximum Gasteiger partial charge on any atom is 0.126 e. The van der Waals surface area contributed by atoms with E-state index < -0.39 is 5.82 Å². The fourth-order valence-corrected chi connectivity index (χ4v) is 1.16. The molecule has 0 amide bonds. The third-order valence-corrected chi connectivity index (χ3v) is 2.07. The van der Waals surface area contributed by atoms with Crippen molar-refractivity contribution in [2.24, 2.45) is 11.7 Å². The fourth-order valence-electron chi connectivity index (χ4n) is 1.16. The molecule has 0 radical (unpaired) electrons. The number of hydrogen-bond donors (Lipinski definition) is 2. The molecule has 0 saturated heterocycles. The Kier molecular flexibility index (Phi) is 2.88. The van der Waals surface area contributed by atoms with Gasteiger partial charge >= 0.3 is 0 Å². The number of aromatic hydroxyl groups is 1. The first-order valence-corrected chi connectivity index (χ1v) is 4.26. The molecule has 0 fully saturated rings. The van der Waals surface area contributed by atoms with Gasteiger partial charge in [0.25, 0.3) is 0 Å². The lowest BCUT2D eigenvalue weighted by atomic mass is 9.96. The number of nitrogens with two attached hydrogens (primary N) is 1. The first-order chi connectivity index (χ1) is 6.02. The van der Waals surface area contributed by atoms with Gasteiger partial charge in [-0.25, -0.2) is 4.39 Å². The van der Waals surface area contributed by atoms with Gasteiger partial charge in [0.05, 0.1) is 0 Å². The maximum absolute atomic E-state index is 12.6. The first kappa shape index (κ1) is 9.99. The van der Waals surface area contributed by atoms with Crippen molar-refractivity contribution in [2.75, 3.05) is 0 Å². The van der Waals surface area contributed by atoms with E-state index in [1.165, 1.54) is 12.1 Å². The second-order valence-electron chi connectivity index (χ2n) is 3.47. The highest BCUT2D eigenvalue weighted by Gasteiger charge is 2.14. The van der Waals surface area contributed by atoms with E-state index in [1.807, 2.05) is 13.8 Å². The minimum absolute atomic E-state index is 0.0683. The Morgan fingerprint density at radius 1 is 1.38 bits per heavy atom. The summed E-state index contributed by atoms with van der Waals surface area (Å²) in [6.45, 7) is 3.90. The zero-order valence-corrected chi connectivity index (χ0v) is 7.79. The Hall–Kier alpha value is -1.09. The largest absolute Gasteiger partial charge is 0.508 e. The van der Waals surface area contributed by atoms with Crippen molar-refractivity contribution in [3.63, 3.8) is 0 Å². The zero-order chi connectivity index (χ0) is 10.0. The number of rotatable bonds is 2. The second-order valence-corrected chi connectivity index (χ2v) is 3.47. The monoisotopic (exact) mass is 183 g/mol. The van der Waals surface area contributed by atoms with Crippen LogP contribution < -0.4 is 5.73 Å². The summed E-state index contributed by atoms with van der Waals surface area (Å²) in [7, 11) is 0. The first-order valence-electron chi connectivity index (χ1n) is 4.26. The van der Waals surface area contributed by atoms with Crippen LogP contribution in [0, 0.1) is 11.7 Å². The highest BCUT2D eigenvalue weighted by molar-refractivity contribution is 5.35. The molecule has 1 rings (SSSR count). The molecule has 13 heavy (non-hydrogen) atoms. The summed E-state index contributed by atoms with van der Waals surface area (Å²) >= 11 is 0. The van der Waals surface area contributed by atoms with Crippen molar-refractivity contribution in [3.8, 4) is 5.75 Å². The smallest absolute Gasteiger partial charge is 0.126 e. The topological polar surface area (TPSA) is 46.2 Å². The van der Waals surface area contributed by atoms with Gasteiger partial charge in [-0.05, 0) is 12.0 Å². The normalized spacial score (nSPS) is 13.3. The average Bonchev–Trinajstić information content (AvgIpc) is 2.03. The summed E-state index contributed by atoms with van der Waals surface area (Å²) in [5, 5.41) is 9.39. The number of benzene rings is 1. The number of hydrogen-bond acceptors (Lipinski definition) is 2. The zero-order valence-electron chi connectivity index (χ0n) is 7.79. The van der Waals surface area contributed by atoms with Crippen LogP contribution in [0.1, 0.15) is 25.5 Å². The number of phenolic OH excluding ortho intramolecular Hbond substituents is 1. The van der Waals surface area contributed by atoms with E-state index in [0.717, 1.165) is 6.07 Å².